The summed E-state index contributed by atoms with van der Waals surface area (Å²) in [5.41, 5.74) is 1.64. The minimum Gasteiger partial charge on any atom is -0.466 e. The fourth-order valence-electron chi connectivity index (χ4n) is 5.28. The van der Waals surface area contributed by atoms with Gasteiger partial charge in [0.1, 0.15) is 11.6 Å². The third-order valence-corrected chi connectivity index (χ3v) is 7.00. The third-order valence-electron chi connectivity index (χ3n) is 7.00. The number of Topliss-reactive ketones (excluding diaryl/α,β-unsaturated/α-hetero) is 1. The van der Waals surface area contributed by atoms with Crippen molar-refractivity contribution in [2.45, 2.75) is 45.3 Å². The van der Waals surface area contributed by atoms with Crippen LogP contribution in [0.5, 0.6) is 5.75 Å². The number of benzene rings is 2. The van der Waals surface area contributed by atoms with E-state index in [4.69, 9.17) is 14.2 Å². The standard InChI is InChI=1S/C27H33BFNO5/c1-3-33-27(32)22-16-30(28)15-21(25(22)20-10-7-11-23(29)17(20)2)26(31)18-8-6-9-19(14-18)35-24-12-4-5-13-34-24/h6-11,14,21-22,24-25H,3-5,12-13,15-16,28H2,1-2H3/t21-,22+,24?,25+/m0/s1. The van der Waals surface area contributed by atoms with E-state index in [2.05, 4.69) is 0 Å². The Morgan fingerprint density at radius 3 is 2.66 bits per heavy atom. The lowest BCUT2D eigenvalue weighted by Crippen LogP contribution is -2.50. The van der Waals surface area contributed by atoms with Gasteiger partial charge in [-0.3, -0.25) is 9.59 Å². The lowest BCUT2D eigenvalue weighted by Gasteiger charge is -2.42. The summed E-state index contributed by atoms with van der Waals surface area (Å²) < 4.78 is 31.6. The van der Waals surface area contributed by atoms with E-state index < -0.39 is 17.8 Å². The summed E-state index contributed by atoms with van der Waals surface area (Å²) in [5.74, 6) is -1.88. The number of ketones is 1. The zero-order valence-electron chi connectivity index (χ0n) is 20.7. The first-order valence-corrected chi connectivity index (χ1v) is 12.4. The van der Waals surface area contributed by atoms with Crippen LogP contribution >= 0.6 is 0 Å². The van der Waals surface area contributed by atoms with Crippen LogP contribution < -0.4 is 4.74 Å². The van der Waals surface area contributed by atoms with Gasteiger partial charge in [0.25, 0.3) is 0 Å². The summed E-state index contributed by atoms with van der Waals surface area (Å²) in [7, 11) is 1.89. The van der Waals surface area contributed by atoms with Crippen molar-refractivity contribution in [2.24, 2.45) is 11.8 Å². The monoisotopic (exact) mass is 481 g/mol. The summed E-state index contributed by atoms with van der Waals surface area (Å²) in [6, 6.07) is 12.0. The third kappa shape index (κ3) is 5.76. The molecule has 2 heterocycles. The van der Waals surface area contributed by atoms with Gasteiger partial charge in [0.2, 0.25) is 0 Å². The molecule has 2 aliphatic rings. The number of esters is 1. The van der Waals surface area contributed by atoms with Crippen LogP contribution in [0.3, 0.4) is 0 Å². The van der Waals surface area contributed by atoms with Gasteiger partial charge in [0.05, 0.1) is 19.1 Å². The summed E-state index contributed by atoms with van der Waals surface area (Å²) in [4.78, 5) is 28.9. The molecule has 2 aromatic carbocycles. The second-order valence-electron chi connectivity index (χ2n) is 9.47. The molecule has 2 aliphatic heterocycles. The summed E-state index contributed by atoms with van der Waals surface area (Å²) >= 11 is 0. The van der Waals surface area contributed by atoms with Crippen molar-refractivity contribution >= 4 is 19.7 Å². The predicted molar refractivity (Wildman–Crippen MR) is 133 cm³/mol. The Kier molecular flexibility index (Phi) is 8.24. The van der Waals surface area contributed by atoms with Gasteiger partial charge in [-0.1, -0.05) is 24.3 Å². The Morgan fingerprint density at radius 2 is 1.91 bits per heavy atom. The van der Waals surface area contributed by atoms with Gasteiger partial charge in [0, 0.05) is 30.4 Å². The van der Waals surface area contributed by atoms with E-state index in [9.17, 15) is 14.0 Å². The highest BCUT2D eigenvalue weighted by molar-refractivity contribution is 6.06. The topological polar surface area (TPSA) is 65.1 Å². The van der Waals surface area contributed by atoms with E-state index in [0.29, 0.717) is 42.1 Å². The van der Waals surface area contributed by atoms with Gasteiger partial charge >= 0.3 is 5.97 Å². The maximum Gasteiger partial charge on any atom is 0.310 e. The second-order valence-corrected chi connectivity index (χ2v) is 9.47. The average molecular weight is 481 g/mol. The zero-order valence-corrected chi connectivity index (χ0v) is 20.7. The van der Waals surface area contributed by atoms with Crippen LogP contribution in [0, 0.1) is 24.6 Å². The maximum absolute atomic E-state index is 14.6. The molecular formula is C27H33BFNO5. The lowest BCUT2D eigenvalue weighted by atomic mass is 9.69. The Hall–Kier alpha value is -2.71. The minimum absolute atomic E-state index is 0.102. The highest BCUT2D eigenvalue weighted by Gasteiger charge is 2.45. The number of hydrogen-bond acceptors (Lipinski definition) is 6. The normalized spacial score (nSPS) is 25.1. The highest BCUT2D eigenvalue weighted by Crippen LogP contribution is 2.41. The molecule has 4 atom stereocenters. The second kappa shape index (κ2) is 11.4. The molecule has 0 radical (unpaired) electrons. The number of carbonyl (C=O) groups is 2. The summed E-state index contributed by atoms with van der Waals surface area (Å²) in [5, 5.41) is 0. The highest BCUT2D eigenvalue weighted by atomic mass is 19.1. The molecule has 0 aliphatic carbocycles. The number of ether oxygens (including phenoxy) is 3. The Labute approximate surface area is 207 Å². The van der Waals surface area contributed by atoms with E-state index in [1.54, 1.807) is 38.1 Å². The van der Waals surface area contributed by atoms with Crippen LogP contribution in [-0.2, 0) is 14.3 Å². The van der Waals surface area contributed by atoms with E-state index >= 15 is 0 Å². The van der Waals surface area contributed by atoms with Crippen molar-refractivity contribution in [1.82, 2.24) is 4.81 Å². The molecule has 6 nitrogen and oxygen atoms in total. The van der Waals surface area contributed by atoms with Crippen LogP contribution in [0.15, 0.2) is 42.5 Å². The van der Waals surface area contributed by atoms with Crippen molar-refractivity contribution < 1.29 is 28.2 Å². The molecule has 0 bridgehead atoms. The number of rotatable bonds is 7. The maximum atomic E-state index is 14.6. The van der Waals surface area contributed by atoms with Gasteiger partial charge in [-0.2, -0.15) is 0 Å². The molecule has 0 spiro atoms. The van der Waals surface area contributed by atoms with Gasteiger partial charge < -0.3 is 19.0 Å². The van der Waals surface area contributed by atoms with Crippen LogP contribution in [0.4, 0.5) is 4.39 Å². The van der Waals surface area contributed by atoms with Crippen molar-refractivity contribution in [3.63, 3.8) is 0 Å². The van der Waals surface area contributed by atoms with Crippen LogP contribution in [-0.4, -0.2) is 57.1 Å². The van der Waals surface area contributed by atoms with E-state index in [-0.39, 0.29) is 30.5 Å². The first-order valence-electron chi connectivity index (χ1n) is 12.4. The molecular weight excluding hydrogens is 448 g/mol. The molecule has 8 heteroatoms. The summed E-state index contributed by atoms with van der Waals surface area (Å²) in [6.07, 6.45) is 2.57. The van der Waals surface area contributed by atoms with E-state index in [1.165, 1.54) is 6.07 Å². The predicted octanol–water partition coefficient (Wildman–Crippen LogP) is 3.67. The van der Waals surface area contributed by atoms with Gasteiger partial charge in [-0.05, 0) is 62.6 Å². The number of hydrogen-bond donors (Lipinski definition) is 0. The lowest BCUT2D eigenvalue weighted by molar-refractivity contribution is -0.150. The van der Waals surface area contributed by atoms with Crippen molar-refractivity contribution in [1.29, 1.82) is 0 Å². The fourth-order valence-corrected chi connectivity index (χ4v) is 5.28. The van der Waals surface area contributed by atoms with Crippen LogP contribution in [0.2, 0.25) is 0 Å². The van der Waals surface area contributed by atoms with E-state index in [0.717, 1.165) is 19.3 Å². The zero-order chi connectivity index (χ0) is 24.9. The first-order chi connectivity index (χ1) is 16.9. The molecule has 0 saturated carbocycles. The number of halogens is 1. The molecule has 1 unspecified atom stereocenters. The molecule has 2 fully saturated rings. The van der Waals surface area contributed by atoms with Gasteiger partial charge in [0.15, 0.2) is 20.1 Å². The van der Waals surface area contributed by atoms with Crippen molar-refractivity contribution in [3.8, 4) is 5.75 Å². The molecule has 2 saturated heterocycles. The Balaban J connectivity index is 1.68. The molecule has 0 amide bonds. The average Bonchev–Trinajstić information content (AvgIpc) is 2.86. The Morgan fingerprint density at radius 1 is 1.14 bits per heavy atom. The minimum atomic E-state index is -0.585. The molecule has 2 aromatic rings. The Bertz CT molecular complexity index is 1060. The number of piperidine rings is 1. The largest absolute Gasteiger partial charge is 0.466 e. The van der Waals surface area contributed by atoms with Gasteiger partial charge in [-0.15, -0.1) is 0 Å². The molecule has 35 heavy (non-hydrogen) atoms. The quantitative estimate of drug-likeness (QED) is 0.342. The molecule has 4 rings (SSSR count). The number of carbonyl (C=O) groups excluding carboxylic acids is 2. The van der Waals surface area contributed by atoms with Crippen LogP contribution in [0.25, 0.3) is 0 Å². The molecule has 186 valence electrons. The smallest absolute Gasteiger partial charge is 0.310 e. The number of nitrogens with zero attached hydrogens (tertiary/aromatic N) is 1. The van der Waals surface area contributed by atoms with E-state index in [1.807, 2.05) is 24.9 Å². The SMILES string of the molecule is BN1C[C@H](C(=O)c2cccc(OC3CCCCO3)c2)[C@@H](c2cccc(F)c2C)[C@H](C(=O)OCC)C1. The molecule has 0 N–H and O–H groups in total. The van der Waals surface area contributed by atoms with Crippen LogP contribution in [0.1, 0.15) is 53.6 Å². The fraction of sp³-hybridized carbons (Fsp3) is 0.481. The molecule has 0 aromatic heterocycles. The van der Waals surface area contributed by atoms with Crippen molar-refractivity contribution in [3.05, 3.63) is 65.0 Å². The summed E-state index contributed by atoms with van der Waals surface area (Å²) in [6.45, 7) is 5.26. The van der Waals surface area contributed by atoms with Gasteiger partial charge in [-0.25, -0.2) is 4.39 Å². The van der Waals surface area contributed by atoms with Crippen molar-refractivity contribution in [2.75, 3.05) is 26.3 Å². The first kappa shape index (κ1) is 25.4.